The molecule has 0 aliphatic carbocycles. The van der Waals surface area contributed by atoms with Crippen molar-refractivity contribution in [3.8, 4) is 0 Å². The van der Waals surface area contributed by atoms with Gasteiger partial charge in [-0.2, -0.15) is 0 Å². The van der Waals surface area contributed by atoms with Crippen LogP contribution in [0.15, 0.2) is 42.5 Å². The monoisotopic (exact) mass is 535 g/mol. The number of carbonyl (C=O) groups is 3. The van der Waals surface area contributed by atoms with E-state index in [1.807, 2.05) is 77.1 Å². The number of fused-ring (bicyclic) bond motifs is 2. The number of anilines is 1. The number of amides is 3. The van der Waals surface area contributed by atoms with Crippen LogP contribution in [-0.4, -0.2) is 82.7 Å². The molecule has 1 aromatic rings. The second-order valence-corrected chi connectivity index (χ2v) is 11.8. The minimum Gasteiger partial charge on any atom is -0.394 e. The quantitative estimate of drug-likeness (QED) is 0.566. The van der Waals surface area contributed by atoms with Crippen LogP contribution >= 0.6 is 0 Å². The standard InChI is InChI=1S/C31H41N3O5/c1-7-20(4)23(18-35)34-26-29(38)33(22-17-19(3)11-12-21(22)5)16-10-14-31(26)25(28(34)37)24-27(36)32(6)15-9-13-30(24,8-2)39-31/h9-14,17,20,23-26,35H,7-8,15-16,18H2,1-6H3/t20-,23-,24-,25-,26?,30+,31-/m0/s1. The molecule has 1 N–H and O–H groups in total. The number of aryl methyl sites for hydroxylation is 2. The van der Waals surface area contributed by atoms with Crippen LogP contribution in [0, 0.1) is 31.6 Å². The molecule has 0 bridgehead atoms. The second kappa shape index (κ2) is 9.89. The first-order valence-electron chi connectivity index (χ1n) is 14.2. The lowest BCUT2D eigenvalue weighted by molar-refractivity contribution is -0.153. The summed E-state index contributed by atoms with van der Waals surface area (Å²) >= 11 is 0. The third-order valence-corrected chi connectivity index (χ3v) is 9.58. The molecule has 1 aromatic carbocycles. The first kappa shape index (κ1) is 27.6. The molecule has 2 fully saturated rings. The molecule has 8 nitrogen and oxygen atoms in total. The van der Waals surface area contributed by atoms with Crippen molar-refractivity contribution in [2.75, 3.05) is 31.6 Å². The van der Waals surface area contributed by atoms with Crippen molar-refractivity contribution >= 4 is 23.4 Å². The fourth-order valence-corrected chi connectivity index (χ4v) is 7.22. The average Bonchev–Trinajstić information content (AvgIpc) is 3.22. The number of aliphatic hydroxyl groups is 1. The average molecular weight is 536 g/mol. The van der Waals surface area contributed by atoms with Crippen LogP contribution in [0.2, 0.25) is 0 Å². The number of benzene rings is 1. The van der Waals surface area contributed by atoms with E-state index in [2.05, 4.69) is 0 Å². The lowest BCUT2D eigenvalue weighted by Crippen LogP contribution is -2.60. The fourth-order valence-electron chi connectivity index (χ4n) is 7.22. The smallest absolute Gasteiger partial charge is 0.253 e. The Labute approximate surface area is 231 Å². The predicted octanol–water partition coefficient (Wildman–Crippen LogP) is 3.00. The molecule has 7 atom stereocenters. The van der Waals surface area contributed by atoms with Crippen molar-refractivity contribution in [2.24, 2.45) is 17.8 Å². The molecule has 0 aromatic heterocycles. The molecule has 1 unspecified atom stereocenters. The minimum absolute atomic E-state index is 0.0626. The molecule has 210 valence electrons. The summed E-state index contributed by atoms with van der Waals surface area (Å²) in [6.45, 7) is 10.4. The second-order valence-electron chi connectivity index (χ2n) is 11.8. The molecular weight excluding hydrogens is 494 g/mol. The third-order valence-electron chi connectivity index (χ3n) is 9.58. The molecule has 0 saturated carbocycles. The van der Waals surface area contributed by atoms with Crippen molar-refractivity contribution in [1.29, 1.82) is 0 Å². The van der Waals surface area contributed by atoms with Crippen molar-refractivity contribution in [2.45, 2.75) is 70.7 Å². The van der Waals surface area contributed by atoms with Crippen LogP contribution in [0.3, 0.4) is 0 Å². The fraction of sp³-hybridized carbons (Fsp3) is 0.581. The van der Waals surface area contributed by atoms with E-state index >= 15 is 0 Å². The number of likely N-dealkylation sites (N-methyl/N-ethyl adjacent to an activating group) is 1. The zero-order chi connectivity index (χ0) is 28.3. The maximum absolute atomic E-state index is 14.7. The molecule has 0 radical (unpaired) electrons. The first-order valence-corrected chi connectivity index (χ1v) is 14.2. The Kier molecular flexibility index (Phi) is 7.00. The number of hydrogen-bond donors (Lipinski definition) is 1. The van der Waals surface area contributed by atoms with E-state index in [1.165, 1.54) is 0 Å². The van der Waals surface area contributed by atoms with Gasteiger partial charge in [-0.05, 0) is 43.4 Å². The third kappa shape index (κ3) is 3.90. The highest BCUT2D eigenvalue weighted by Gasteiger charge is 2.76. The van der Waals surface area contributed by atoms with Gasteiger partial charge >= 0.3 is 0 Å². The Morgan fingerprint density at radius 3 is 2.41 bits per heavy atom. The van der Waals surface area contributed by atoms with Gasteiger partial charge in [-0.1, -0.05) is 63.6 Å². The number of ether oxygens (including phenoxy) is 1. The predicted molar refractivity (Wildman–Crippen MR) is 149 cm³/mol. The number of carbonyl (C=O) groups excluding carboxylic acids is 3. The summed E-state index contributed by atoms with van der Waals surface area (Å²) in [7, 11) is 1.74. The van der Waals surface area contributed by atoms with Gasteiger partial charge in [0.2, 0.25) is 11.8 Å². The van der Waals surface area contributed by atoms with Gasteiger partial charge in [-0.15, -0.1) is 0 Å². The normalized spacial score (nSPS) is 33.6. The lowest BCUT2D eigenvalue weighted by atomic mass is 9.73. The van der Waals surface area contributed by atoms with E-state index in [9.17, 15) is 19.5 Å². The summed E-state index contributed by atoms with van der Waals surface area (Å²) in [6, 6.07) is 4.40. The van der Waals surface area contributed by atoms with E-state index in [1.54, 1.807) is 21.7 Å². The number of hydrogen-bond acceptors (Lipinski definition) is 5. The SMILES string of the molecule is CC[C@H](C)[C@H](CO)N1C(=O)[C@@H]2[C@H]3C(=O)N(C)CC=C[C@@]3(CC)O[C@@]23C=CCN(c2cc(C)ccc2C)C(=O)C13. The van der Waals surface area contributed by atoms with Gasteiger partial charge in [-0.25, -0.2) is 0 Å². The van der Waals surface area contributed by atoms with Gasteiger partial charge in [0.25, 0.3) is 5.91 Å². The molecule has 1 spiro atoms. The zero-order valence-electron chi connectivity index (χ0n) is 23.9. The number of aliphatic hydroxyl groups excluding tert-OH is 1. The highest BCUT2D eigenvalue weighted by atomic mass is 16.5. The topological polar surface area (TPSA) is 90.4 Å². The summed E-state index contributed by atoms with van der Waals surface area (Å²) in [5, 5.41) is 10.6. The van der Waals surface area contributed by atoms with Gasteiger partial charge in [-0.3, -0.25) is 14.4 Å². The first-order chi connectivity index (χ1) is 18.6. The van der Waals surface area contributed by atoms with Gasteiger partial charge in [0.05, 0.1) is 30.1 Å². The van der Waals surface area contributed by atoms with Crippen LogP contribution in [0.5, 0.6) is 0 Å². The molecule has 5 rings (SSSR count). The Hall–Kier alpha value is -2.97. The highest BCUT2D eigenvalue weighted by molar-refractivity contribution is 6.06. The van der Waals surface area contributed by atoms with Crippen molar-refractivity contribution in [3.63, 3.8) is 0 Å². The Balaban J connectivity index is 1.73. The van der Waals surface area contributed by atoms with Crippen molar-refractivity contribution < 1.29 is 24.2 Å². The van der Waals surface area contributed by atoms with Crippen LogP contribution < -0.4 is 4.90 Å². The maximum Gasteiger partial charge on any atom is 0.253 e. The summed E-state index contributed by atoms with van der Waals surface area (Å²) in [5.74, 6) is -2.41. The van der Waals surface area contributed by atoms with E-state index in [0.29, 0.717) is 19.5 Å². The molecule has 4 heterocycles. The van der Waals surface area contributed by atoms with Gasteiger partial charge < -0.3 is 24.5 Å². The van der Waals surface area contributed by atoms with Crippen LogP contribution in [-0.2, 0) is 19.1 Å². The van der Waals surface area contributed by atoms with Crippen LogP contribution in [0.1, 0.15) is 44.7 Å². The van der Waals surface area contributed by atoms with Gasteiger partial charge in [0, 0.05) is 25.8 Å². The summed E-state index contributed by atoms with van der Waals surface area (Å²) < 4.78 is 7.00. The molecule has 4 aliphatic heterocycles. The molecule has 39 heavy (non-hydrogen) atoms. The van der Waals surface area contributed by atoms with Crippen LogP contribution in [0.4, 0.5) is 5.69 Å². The van der Waals surface area contributed by atoms with E-state index in [0.717, 1.165) is 23.2 Å². The zero-order valence-corrected chi connectivity index (χ0v) is 23.9. The lowest BCUT2D eigenvalue weighted by Gasteiger charge is -2.42. The summed E-state index contributed by atoms with van der Waals surface area (Å²) in [5.41, 5.74) is 0.430. The molecule has 4 aliphatic rings. The molecular formula is C31H41N3O5. The van der Waals surface area contributed by atoms with E-state index in [4.69, 9.17) is 4.74 Å². The maximum atomic E-state index is 14.7. The summed E-state index contributed by atoms with van der Waals surface area (Å²) in [4.78, 5) is 48.2. The Bertz CT molecular complexity index is 1240. The van der Waals surface area contributed by atoms with Gasteiger partial charge in [0.1, 0.15) is 11.6 Å². The molecule has 3 amide bonds. The Morgan fingerprint density at radius 1 is 1.03 bits per heavy atom. The van der Waals surface area contributed by atoms with Crippen molar-refractivity contribution in [3.05, 3.63) is 53.6 Å². The highest BCUT2D eigenvalue weighted by Crippen LogP contribution is 2.59. The van der Waals surface area contributed by atoms with Crippen molar-refractivity contribution in [1.82, 2.24) is 9.80 Å². The van der Waals surface area contributed by atoms with Crippen LogP contribution in [0.25, 0.3) is 0 Å². The largest absolute Gasteiger partial charge is 0.394 e. The van der Waals surface area contributed by atoms with Gasteiger partial charge in [0.15, 0.2) is 0 Å². The number of likely N-dealkylation sites (tertiary alicyclic amines) is 1. The molecule has 8 heteroatoms. The van der Waals surface area contributed by atoms with E-state index in [-0.39, 0.29) is 30.2 Å². The summed E-state index contributed by atoms with van der Waals surface area (Å²) in [6.07, 6.45) is 8.86. The van der Waals surface area contributed by atoms with E-state index < -0.39 is 35.1 Å². The minimum atomic E-state index is -1.33. The Morgan fingerprint density at radius 2 is 1.74 bits per heavy atom. The number of rotatable bonds is 6. The molecule has 2 saturated heterocycles. The number of nitrogens with zero attached hydrogens (tertiary/aromatic N) is 3.